The summed E-state index contributed by atoms with van der Waals surface area (Å²) in [5.74, 6) is -0.416. The molecule has 0 aliphatic rings. The lowest BCUT2D eigenvalue weighted by Crippen LogP contribution is -2.10. The van der Waals surface area contributed by atoms with Crippen LogP contribution in [0.3, 0.4) is 0 Å². The fourth-order valence-corrected chi connectivity index (χ4v) is 2.59. The Hall–Kier alpha value is -3.28. The van der Waals surface area contributed by atoms with Gasteiger partial charge in [-0.15, -0.1) is 5.16 Å². The van der Waals surface area contributed by atoms with Crippen molar-refractivity contribution in [2.24, 2.45) is 5.16 Å². The Morgan fingerprint density at radius 1 is 1.20 bits per heavy atom. The molecule has 6 heteroatoms. The number of ether oxygens (including phenoxy) is 1. The summed E-state index contributed by atoms with van der Waals surface area (Å²) in [5.41, 5.74) is 1.87. The fourth-order valence-electron chi connectivity index (χ4n) is 2.59. The number of para-hydroxylation sites is 1. The quantitative estimate of drug-likeness (QED) is 0.376. The highest BCUT2D eigenvalue weighted by Crippen LogP contribution is 2.32. The third-order valence-electron chi connectivity index (χ3n) is 3.80. The molecule has 0 radical (unpaired) electrons. The highest BCUT2D eigenvalue weighted by Gasteiger charge is 2.19. The standard InChI is InChI=1S/C19H17NO5/c1-20-24-11-10-18(16-12-23-17-5-3-2-4-15(16)17)25-14-8-6-13(7-9-14)19(21)22/h2-9,12,18H,1,10-11H2,(H,21,22). The van der Waals surface area contributed by atoms with E-state index in [1.165, 1.54) is 12.1 Å². The molecule has 1 unspecified atom stereocenters. The van der Waals surface area contributed by atoms with Gasteiger partial charge in [0.05, 0.1) is 11.8 Å². The van der Waals surface area contributed by atoms with Crippen LogP contribution in [0.5, 0.6) is 5.75 Å². The number of nitrogens with zero attached hydrogens (tertiary/aromatic N) is 1. The number of carboxylic acids is 1. The first kappa shape index (κ1) is 16.6. The van der Waals surface area contributed by atoms with Gasteiger partial charge in [0.25, 0.3) is 0 Å². The van der Waals surface area contributed by atoms with Gasteiger partial charge in [-0.25, -0.2) is 4.79 Å². The maximum Gasteiger partial charge on any atom is 0.335 e. The number of oxime groups is 1. The minimum absolute atomic E-state index is 0.205. The van der Waals surface area contributed by atoms with Crippen LogP contribution < -0.4 is 4.74 Å². The second kappa shape index (κ2) is 7.53. The minimum atomic E-state index is -0.977. The SMILES string of the molecule is C=NOCCC(Oc1ccc(C(=O)O)cc1)c1coc2ccccc12. The van der Waals surface area contributed by atoms with Gasteiger partial charge >= 0.3 is 5.97 Å². The van der Waals surface area contributed by atoms with Gasteiger partial charge in [-0.3, -0.25) is 0 Å². The Balaban J connectivity index is 1.86. The number of aromatic carboxylic acids is 1. The number of rotatable bonds is 8. The van der Waals surface area contributed by atoms with E-state index < -0.39 is 5.97 Å². The highest BCUT2D eigenvalue weighted by molar-refractivity contribution is 5.87. The monoisotopic (exact) mass is 339 g/mol. The molecule has 0 aliphatic heterocycles. The molecule has 25 heavy (non-hydrogen) atoms. The average molecular weight is 339 g/mol. The highest BCUT2D eigenvalue weighted by atomic mass is 16.6. The molecule has 1 aromatic heterocycles. The Kier molecular flexibility index (Phi) is 4.99. The molecule has 128 valence electrons. The average Bonchev–Trinajstić information content (AvgIpc) is 3.05. The van der Waals surface area contributed by atoms with Gasteiger partial charge in [0.1, 0.15) is 24.0 Å². The van der Waals surface area contributed by atoms with E-state index in [2.05, 4.69) is 11.9 Å². The van der Waals surface area contributed by atoms with Gasteiger partial charge in [0.15, 0.2) is 0 Å². The summed E-state index contributed by atoms with van der Waals surface area (Å²) in [5, 5.41) is 13.3. The zero-order valence-electron chi connectivity index (χ0n) is 13.4. The molecule has 0 spiro atoms. The molecule has 0 fully saturated rings. The van der Waals surface area contributed by atoms with Gasteiger partial charge in [0, 0.05) is 24.1 Å². The van der Waals surface area contributed by atoms with Crippen LogP contribution in [0.4, 0.5) is 0 Å². The zero-order chi connectivity index (χ0) is 17.6. The first-order valence-corrected chi connectivity index (χ1v) is 7.73. The van der Waals surface area contributed by atoms with Gasteiger partial charge in [-0.1, -0.05) is 18.2 Å². The van der Waals surface area contributed by atoms with Crippen LogP contribution in [0.15, 0.2) is 64.4 Å². The number of hydrogen-bond donors (Lipinski definition) is 1. The van der Waals surface area contributed by atoms with Crippen molar-refractivity contribution in [3.05, 3.63) is 65.9 Å². The molecule has 1 atom stereocenters. The van der Waals surface area contributed by atoms with E-state index in [4.69, 9.17) is 19.1 Å². The molecule has 0 saturated heterocycles. The number of carbonyl (C=O) groups is 1. The molecule has 0 aliphatic carbocycles. The van der Waals surface area contributed by atoms with E-state index in [-0.39, 0.29) is 11.7 Å². The largest absolute Gasteiger partial charge is 0.485 e. The molecule has 3 rings (SSSR count). The Bertz CT molecular complexity index is 869. The molecule has 1 N–H and O–H groups in total. The predicted octanol–water partition coefficient (Wildman–Crippen LogP) is 4.27. The van der Waals surface area contributed by atoms with Gasteiger partial charge in [-0.2, -0.15) is 0 Å². The van der Waals surface area contributed by atoms with Crippen molar-refractivity contribution in [3.63, 3.8) is 0 Å². The Morgan fingerprint density at radius 2 is 1.96 bits per heavy atom. The summed E-state index contributed by atoms with van der Waals surface area (Å²) in [4.78, 5) is 15.9. The lowest BCUT2D eigenvalue weighted by atomic mass is 10.1. The van der Waals surface area contributed by atoms with Gasteiger partial charge in [0.2, 0.25) is 0 Å². The van der Waals surface area contributed by atoms with E-state index in [1.807, 2.05) is 24.3 Å². The summed E-state index contributed by atoms with van der Waals surface area (Å²) in [6, 6.07) is 14.0. The maximum atomic E-state index is 11.0. The number of benzene rings is 2. The predicted molar refractivity (Wildman–Crippen MR) is 93.1 cm³/mol. The molecule has 0 saturated carbocycles. The molecule has 6 nitrogen and oxygen atoms in total. The van der Waals surface area contributed by atoms with Crippen LogP contribution in [-0.2, 0) is 4.84 Å². The normalized spacial score (nSPS) is 11.8. The Morgan fingerprint density at radius 3 is 2.68 bits per heavy atom. The minimum Gasteiger partial charge on any atom is -0.485 e. The smallest absolute Gasteiger partial charge is 0.335 e. The fraction of sp³-hybridized carbons (Fsp3) is 0.158. The van der Waals surface area contributed by atoms with E-state index in [0.717, 1.165) is 16.5 Å². The van der Waals surface area contributed by atoms with E-state index in [9.17, 15) is 4.79 Å². The van der Waals surface area contributed by atoms with Crippen molar-refractivity contribution in [2.75, 3.05) is 6.61 Å². The third kappa shape index (κ3) is 3.80. The number of furan rings is 1. The topological polar surface area (TPSA) is 81.3 Å². The molecular formula is C19H17NO5. The molecule has 0 amide bonds. The second-order valence-electron chi connectivity index (χ2n) is 5.37. The molecule has 2 aromatic carbocycles. The van der Waals surface area contributed by atoms with Crippen LogP contribution in [0.1, 0.15) is 28.4 Å². The van der Waals surface area contributed by atoms with Crippen molar-refractivity contribution in [2.45, 2.75) is 12.5 Å². The van der Waals surface area contributed by atoms with Crippen molar-refractivity contribution < 1.29 is 23.9 Å². The number of fused-ring (bicyclic) bond motifs is 1. The Labute approximate surface area is 144 Å². The van der Waals surface area contributed by atoms with Crippen LogP contribution in [-0.4, -0.2) is 24.4 Å². The van der Waals surface area contributed by atoms with Crippen molar-refractivity contribution in [1.29, 1.82) is 0 Å². The lowest BCUT2D eigenvalue weighted by molar-refractivity contribution is 0.0697. The molecule has 1 heterocycles. The first-order valence-electron chi connectivity index (χ1n) is 7.73. The second-order valence-corrected chi connectivity index (χ2v) is 5.37. The van der Waals surface area contributed by atoms with E-state index in [0.29, 0.717) is 18.8 Å². The number of hydrogen-bond acceptors (Lipinski definition) is 5. The van der Waals surface area contributed by atoms with E-state index in [1.54, 1.807) is 18.4 Å². The summed E-state index contributed by atoms with van der Waals surface area (Å²) in [7, 11) is 0. The summed E-state index contributed by atoms with van der Waals surface area (Å²) >= 11 is 0. The van der Waals surface area contributed by atoms with Gasteiger partial charge < -0.3 is 19.1 Å². The van der Waals surface area contributed by atoms with Crippen LogP contribution in [0.25, 0.3) is 11.0 Å². The molecule has 0 bridgehead atoms. The lowest BCUT2D eigenvalue weighted by Gasteiger charge is -2.18. The molecule has 3 aromatic rings. The van der Waals surface area contributed by atoms with Crippen molar-refractivity contribution >= 4 is 23.7 Å². The summed E-state index contributed by atoms with van der Waals surface area (Å²) in [6.45, 7) is 3.63. The number of carboxylic acid groups (broad SMARTS) is 1. The van der Waals surface area contributed by atoms with Crippen molar-refractivity contribution in [3.8, 4) is 5.75 Å². The molecular weight excluding hydrogens is 322 g/mol. The van der Waals surface area contributed by atoms with E-state index >= 15 is 0 Å². The van der Waals surface area contributed by atoms with Crippen LogP contribution in [0, 0.1) is 0 Å². The van der Waals surface area contributed by atoms with Gasteiger partial charge in [-0.05, 0) is 30.3 Å². The maximum absolute atomic E-state index is 11.0. The van der Waals surface area contributed by atoms with Crippen LogP contribution >= 0.6 is 0 Å². The zero-order valence-corrected chi connectivity index (χ0v) is 13.4. The third-order valence-corrected chi connectivity index (χ3v) is 3.80. The first-order chi connectivity index (χ1) is 12.2. The summed E-state index contributed by atoms with van der Waals surface area (Å²) in [6.07, 6.45) is 1.87. The van der Waals surface area contributed by atoms with Crippen LogP contribution in [0.2, 0.25) is 0 Å². The summed E-state index contributed by atoms with van der Waals surface area (Å²) < 4.78 is 11.6. The van der Waals surface area contributed by atoms with Crippen molar-refractivity contribution in [1.82, 2.24) is 0 Å².